The van der Waals surface area contributed by atoms with E-state index in [2.05, 4.69) is 31.0 Å². The summed E-state index contributed by atoms with van der Waals surface area (Å²) in [6.45, 7) is 4.14. The molecule has 2 aromatic carbocycles. The van der Waals surface area contributed by atoms with Gasteiger partial charge in [-0.2, -0.15) is 0 Å². The number of phenolic OH excluding ortho intramolecular Hbond substituents is 1. The number of fused-ring (bicyclic) bond motifs is 1. The minimum Gasteiger partial charge on any atom is -0.508 e. The topological polar surface area (TPSA) is 33.1 Å². The molecule has 2 nitrogen and oxygen atoms in total. The number of phenols is 1. The molecule has 0 saturated carbocycles. The second-order valence-electron chi connectivity index (χ2n) is 5.34. The van der Waals surface area contributed by atoms with E-state index in [1.165, 1.54) is 0 Å². The van der Waals surface area contributed by atoms with Crippen LogP contribution in [0.1, 0.15) is 25.3 Å². The van der Waals surface area contributed by atoms with Gasteiger partial charge in [0.2, 0.25) is 0 Å². The Kier molecular flexibility index (Phi) is 3.15. The van der Waals surface area contributed by atoms with E-state index in [0.717, 1.165) is 27.6 Å². The van der Waals surface area contributed by atoms with Crippen LogP contribution in [0.5, 0.6) is 5.75 Å². The van der Waals surface area contributed by atoms with Crippen LogP contribution in [0.3, 0.4) is 0 Å². The predicted molar refractivity (Wildman–Crippen MR) is 82.9 cm³/mol. The van der Waals surface area contributed by atoms with Crippen LogP contribution in [-0.2, 0) is 0 Å². The number of aromatic nitrogens is 1. The number of hydrogen-bond donors (Lipinski definition) is 1. The lowest BCUT2D eigenvalue weighted by Gasteiger charge is -2.10. The summed E-state index contributed by atoms with van der Waals surface area (Å²) in [6.07, 6.45) is 1.87. The molecule has 0 aliphatic carbocycles. The molecule has 0 spiro atoms. The predicted octanol–water partition coefficient (Wildman–Crippen LogP) is 4.73. The highest BCUT2D eigenvalue weighted by Crippen LogP contribution is 2.30. The van der Waals surface area contributed by atoms with Gasteiger partial charge in [-0.3, -0.25) is 4.98 Å². The van der Waals surface area contributed by atoms with Gasteiger partial charge in [-0.25, -0.2) is 0 Å². The zero-order chi connectivity index (χ0) is 14.1. The van der Waals surface area contributed by atoms with Crippen LogP contribution in [0.15, 0.2) is 54.7 Å². The largest absolute Gasteiger partial charge is 0.508 e. The molecule has 0 fully saturated rings. The minimum absolute atomic E-state index is 0.314. The lowest BCUT2D eigenvalue weighted by molar-refractivity contribution is 0.465. The molecule has 2 heteroatoms. The normalized spacial score (nSPS) is 11.2. The number of pyridine rings is 1. The zero-order valence-corrected chi connectivity index (χ0v) is 11.7. The molecule has 0 radical (unpaired) electrons. The van der Waals surface area contributed by atoms with E-state index >= 15 is 0 Å². The van der Waals surface area contributed by atoms with Crippen LogP contribution in [0.4, 0.5) is 0 Å². The molecule has 0 aliphatic heterocycles. The number of benzene rings is 2. The van der Waals surface area contributed by atoms with E-state index in [0.29, 0.717) is 11.7 Å². The van der Waals surface area contributed by atoms with Crippen LogP contribution in [-0.4, -0.2) is 10.1 Å². The van der Waals surface area contributed by atoms with Gasteiger partial charge in [0.15, 0.2) is 0 Å². The molecule has 20 heavy (non-hydrogen) atoms. The number of aromatic hydroxyl groups is 1. The Hall–Kier alpha value is -2.35. The van der Waals surface area contributed by atoms with Crippen LogP contribution >= 0.6 is 0 Å². The molecule has 0 atom stereocenters. The molecule has 1 heterocycles. The molecule has 100 valence electrons. The van der Waals surface area contributed by atoms with Crippen LogP contribution in [0, 0.1) is 0 Å². The first-order chi connectivity index (χ1) is 9.65. The Bertz CT molecular complexity index is 762. The van der Waals surface area contributed by atoms with Gasteiger partial charge in [-0.05, 0) is 29.0 Å². The molecular formula is C18H17NO. The Morgan fingerprint density at radius 3 is 2.40 bits per heavy atom. The van der Waals surface area contributed by atoms with Gasteiger partial charge in [0, 0.05) is 17.1 Å². The van der Waals surface area contributed by atoms with Gasteiger partial charge in [-0.15, -0.1) is 0 Å². The SMILES string of the molecule is CC(C)c1ccc(-c2cc3ccccc3cn2)cc1O. The summed E-state index contributed by atoms with van der Waals surface area (Å²) in [5.41, 5.74) is 2.79. The van der Waals surface area contributed by atoms with Gasteiger partial charge in [0.25, 0.3) is 0 Å². The van der Waals surface area contributed by atoms with Crippen LogP contribution < -0.4 is 0 Å². The van der Waals surface area contributed by atoms with Crippen molar-refractivity contribution in [3.8, 4) is 17.0 Å². The number of rotatable bonds is 2. The maximum Gasteiger partial charge on any atom is 0.119 e. The summed E-state index contributed by atoms with van der Waals surface area (Å²) >= 11 is 0. The molecule has 0 bridgehead atoms. The fourth-order valence-electron chi connectivity index (χ4n) is 2.43. The lowest BCUT2D eigenvalue weighted by Crippen LogP contribution is -1.90. The number of nitrogens with zero attached hydrogens (tertiary/aromatic N) is 1. The molecule has 0 saturated heterocycles. The molecular weight excluding hydrogens is 246 g/mol. The summed E-state index contributed by atoms with van der Waals surface area (Å²) < 4.78 is 0. The first kappa shape index (κ1) is 12.7. The highest BCUT2D eigenvalue weighted by Gasteiger charge is 2.08. The molecule has 1 N–H and O–H groups in total. The van der Waals surface area contributed by atoms with Gasteiger partial charge in [-0.1, -0.05) is 50.2 Å². The maximum atomic E-state index is 10.1. The fourth-order valence-corrected chi connectivity index (χ4v) is 2.43. The summed E-state index contributed by atoms with van der Waals surface area (Å²) in [7, 11) is 0. The van der Waals surface area contributed by atoms with Crippen LogP contribution in [0.2, 0.25) is 0 Å². The third-order valence-corrected chi connectivity index (χ3v) is 3.58. The summed E-state index contributed by atoms with van der Waals surface area (Å²) in [5, 5.41) is 12.4. The standard InChI is InChI=1S/C18H17NO/c1-12(2)16-8-7-14(10-18(16)20)17-9-13-5-3-4-6-15(13)11-19-17/h3-12,20H,1-2H3. The summed E-state index contributed by atoms with van der Waals surface area (Å²) in [5.74, 6) is 0.654. The Balaban J connectivity index is 2.08. The molecule has 0 aliphatic rings. The average Bonchev–Trinajstić information content (AvgIpc) is 2.46. The van der Waals surface area contributed by atoms with E-state index in [4.69, 9.17) is 0 Å². The quantitative estimate of drug-likeness (QED) is 0.725. The minimum atomic E-state index is 0.314. The highest BCUT2D eigenvalue weighted by molar-refractivity contribution is 5.85. The second-order valence-corrected chi connectivity index (χ2v) is 5.34. The monoisotopic (exact) mass is 263 g/mol. The number of hydrogen-bond acceptors (Lipinski definition) is 2. The summed E-state index contributed by atoms with van der Waals surface area (Å²) in [4.78, 5) is 4.48. The first-order valence-corrected chi connectivity index (χ1v) is 6.83. The van der Waals surface area contributed by atoms with E-state index in [1.807, 2.05) is 36.5 Å². The first-order valence-electron chi connectivity index (χ1n) is 6.83. The van der Waals surface area contributed by atoms with Gasteiger partial charge in [0.1, 0.15) is 5.75 Å². The van der Waals surface area contributed by atoms with Crippen molar-refractivity contribution in [3.05, 3.63) is 60.3 Å². The van der Waals surface area contributed by atoms with Crippen molar-refractivity contribution in [1.82, 2.24) is 4.98 Å². The van der Waals surface area contributed by atoms with E-state index < -0.39 is 0 Å². The third kappa shape index (κ3) is 2.25. The Labute approximate surface area is 118 Å². The average molecular weight is 263 g/mol. The van der Waals surface area contributed by atoms with E-state index in [9.17, 15) is 5.11 Å². The third-order valence-electron chi connectivity index (χ3n) is 3.58. The van der Waals surface area contributed by atoms with Crippen molar-refractivity contribution in [2.45, 2.75) is 19.8 Å². The van der Waals surface area contributed by atoms with Crippen LogP contribution in [0.25, 0.3) is 22.0 Å². The highest BCUT2D eigenvalue weighted by atomic mass is 16.3. The summed E-state index contributed by atoms with van der Waals surface area (Å²) in [6, 6.07) is 16.0. The maximum absolute atomic E-state index is 10.1. The van der Waals surface area contributed by atoms with Crippen molar-refractivity contribution in [2.24, 2.45) is 0 Å². The zero-order valence-electron chi connectivity index (χ0n) is 11.7. The van der Waals surface area contributed by atoms with Crippen molar-refractivity contribution < 1.29 is 5.11 Å². The molecule has 0 amide bonds. The van der Waals surface area contributed by atoms with E-state index in [-0.39, 0.29) is 0 Å². The lowest BCUT2D eigenvalue weighted by atomic mass is 9.99. The fraction of sp³-hybridized carbons (Fsp3) is 0.167. The van der Waals surface area contributed by atoms with E-state index in [1.54, 1.807) is 6.07 Å². The molecule has 3 aromatic rings. The van der Waals surface area contributed by atoms with Crippen molar-refractivity contribution >= 4 is 10.8 Å². The van der Waals surface area contributed by atoms with Crippen molar-refractivity contribution in [2.75, 3.05) is 0 Å². The van der Waals surface area contributed by atoms with Crippen molar-refractivity contribution in [1.29, 1.82) is 0 Å². The Morgan fingerprint density at radius 2 is 1.70 bits per heavy atom. The van der Waals surface area contributed by atoms with Gasteiger partial charge >= 0.3 is 0 Å². The smallest absolute Gasteiger partial charge is 0.119 e. The van der Waals surface area contributed by atoms with Gasteiger partial charge in [0.05, 0.1) is 5.69 Å². The van der Waals surface area contributed by atoms with Gasteiger partial charge < -0.3 is 5.11 Å². The molecule has 0 unspecified atom stereocenters. The van der Waals surface area contributed by atoms with Crippen molar-refractivity contribution in [3.63, 3.8) is 0 Å². The second kappa shape index (κ2) is 4.97. The molecule has 3 rings (SSSR count). The Morgan fingerprint density at radius 1 is 0.950 bits per heavy atom. The molecule has 1 aromatic heterocycles.